The minimum Gasteiger partial charge on any atom is -0.462 e. The molecule has 0 bridgehead atoms. The lowest BCUT2D eigenvalue weighted by Crippen LogP contribution is -2.16. The minimum atomic E-state index is -0.571. The average Bonchev–Trinajstić information content (AvgIpc) is 2.54. The van der Waals surface area contributed by atoms with E-state index in [1.54, 1.807) is 36.4 Å². The van der Waals surface area contributed by atoms with E-state index in [2.05, 4.69) is 0 Å². The standard InChI is InChI=1S/C18H18O4/c1-3-12-21-17(19)14-9-5-6-10-15(14)18(20)22-16-11-7-4-8-13(16)2/h4-11H,3,12H2,1-2H3. The first kappa shape index (κ1) is 15.8. The fourth-order valence-electron chi connectivity index (χ4n) is 1.94. The zero-order valence-electron chi connectivity index (χ0n) is 12.7. The summed E-state index contributed by atoms with van der Waals surface area (Å²) in [4.78, 5) is 24.4. The van der Waals surface area contributed by atoms with Crippen LogP contribution in [0.4, 0.5) is 0 Å². The highest BCUT2D eigenvalue weighted by Crippen LogP contribution is 2.19. The van der Waals surface area contributed by atoms with Gasteiger partial charge in [0.05, 0.1) is 17.7 Å². The second-order valence-electron chi connectivity index (χ2n) is 4.84. The average molecular weight is 298 g/mol. The van der Waals surface area contributed by atoms with E-state index in [1.807, 2.05) is 26.0 Å². The van der Waals surface area contributed by atoms with Crippen molar-refractivity contribution in [3.63, 3.8) is 0 Å². The highest BCUT2D eigenvalue weighted by molar-refractivity contribution is 6.03. The Labute approximate surface area is 129 Å². The van der Waals surface area contributed by atoms with Crippen LogP contribution in [0.25, 0.3) is 0 Å². The van der Waals surface area contributed by atoms with Gasteiger partial charge in [0, 0.05) is 0 Å². The lowest BCUT2D eigenvalue weighted by molar-refractivity contribution is 0.0496. The summed E-state index contributed by atoms with van der Waals surface area (Å²) >= 11 is 0. The van der Waals surface area contributed by atoms with Crippen LogP contribution in [0.3, 0.4) is 0 Å². The van der Waals surface area contributed by atoms with Crippen molar-refractivity contribution in [2.24, 2.45) is 0 Å². The largest absolute Gasteiger partial charge is 0.462 e. The number of aryl methyl sites for hydroxylation is 1. The molecule has 4 heteroatoms. The Kier molecular flexibility index (Phi) is 5.31. The second-order valence-corrected chi connectivity index (χ2v) is 4.84. The molecule has 0 N–H and O–H groups in total. The van der Waals surface area contributed by atoms with E-state index < -0.39 is 11.9 Å². The molecule has 2 aromatic rings. The van der Waals surface area contributed by atoms with Crippen LogP contribution in [-0.4, -0.2) is 18.5 Å². The van der Waals surface area contributed by atoms with Gasteiger partial charge in [0.2, 0.25) is 0 Å². The van der Waals surface area contributed by atoms with Gasteiger partial charge in [-0.1, -0.05) is 37.3 Å². The Balaban J connectivity index is 2.23. The van der Waals surface area contributed by atoms with Crippen molar-refractivity contribution in [3.05, 3.63) is 65.2 Å². The topological polar surface area (TPSA) is 52.6 Å². The van der Waals surface area contributed by atoms with Gasteiger partial charge < -0.3 is 9.47 Å². The van der Waals surface area contributed by atoms with Gasteiger partial charge in [-0.3, -0.25) is 0 Å². The van der Waals surface area contributed by atoms with Crippen molar-refractivity contribution < 1.29 is 19.1 Å². The molecule has 0 amide bonds. The van der Waals surface area contributed by atoms with Crippen molar-refractivity contribution in [1.29, 1.82) is 0 Å². The maximum absolute atomic E-state index is 12.3. The number of carbonyl (C=O) groups excluding carboxylic acids is 2. The van der Waals surface area contributed by atoms with Gasteiger partial charge >= 0.3 is 11.9 Å². The predicted molar refractivity (Wildman–Crippen MR) is 83.2 cm³/mol. The van der Waals surface area contributed by atoms with Crippen LogP contribution in [0, 0.1) is 6.92 Å². The third-order valence-corrected chi connectivity index (χ3v) is 3.10. The van der Waals surface area contributed by atoms with Crippen LogP contribution in [0.1, 0.15) is 39.6 Å². The maximum Gasteiger partial charge on any atom is 0.344 e. The van der Waals surface area contributed by atoms with Gasteiger partial charge in [-0.25, -0.2) is 9.59 Å². The van der Waals surface area contributed by atoms with Crippen molar-refractivity contribution in [2.45, 2.75) is 20.3 Å². The SMILES string of the molecule is CCCOC(=O)c1ccccc1C(=O)Oc1ccccc1C. The summed E-state index contributed by atoms with van der Waals surface area (Å²) in [5.41, 5.74) is 1.27. The highest BCUT2D eigenvalue weighted by atomic mass is 16.5. The Morgan fingerprint density at radius 1 is 0.909 bits per heavy atom. The molecule has 2 rings (SSSR count). The van der Waals surface area contributed by atoms with Gasteiger partial charge in [-0.15, -0.1) is 0 Å². The summed E-state index contributed by atoms with van der Waals surface area (Å²) in [6, 6.07) is 13.7. The van der Waals surface area contributed by atoms with Gasteiger partial charge in [0.25, 0.3) is 0 Å². The summed E-state index contributed by atoms with van der Waals surface area (Å²) in [6.07, 6.45) is 0.724. The number of esters is 2. The molecule has 114 valence electrons. The smallest absolute Gasteiger partial charge is 0.344 e. The molecule has 0 aromatic heterocycles. The van der Waals surface area contributed by atoms with Crippen LogP contribution in [0.5, 0.6) is 5.75 Å². The molecule has 4 nitrogen and oxygen atoms in total. The van der Waals surface area contributed by atoms with Crippen LogP contribution in [0.15, 0.2) is 48.5 Å². The van der Waals surface area contributed by atoms with Gasteiger partial charge in [-0.05, 0) is 37.1 Å². The first-order chi connectivity index (χ1) is 10.6. The van der Waals surface area contributed by atoms with Crippen LogP contribution < -0.4 is 4.74 Å². The number of rotatable bonds is 5. The summed E-state index contributed by atoms with van der Waals surface area (Å²) in [6.45, 7) is 4.08. The minimum absolute atomic E-state index is 0.201. The number of benzene rings is 2. The van der Waals surface area contributed by atoms with E-state index in [-0.39, 0.29) is 11.1 Å². The molecular formula is C18H18O4. The Hall–Kier alpha value is -2.62. The molecule has 0 aliphatic heterocycles. The van der Waals surface area contributed by atoms with Crippen molar-refractivity contribution in [3.8, 4) is 5.75 Å². The van der Waals surface area contributed by atoms with Crippen LogP contribution >= 0.6 is 0 Å². The third kappa shape index (κ3) is 3.73. The molecule has 2 aromatic carbocycles. The predicted octanol–water partition coefficient (Wildman–Crippen LogP) is 3.78. The van der Waals surface area contributed by atoms with E-state index in [1.165, 1.54) is 0 Å². The van der Waals surface area contributed by atoms with E-state index in [0.717, 1.165) is 12.0 Å². The zero-order chi connectivity index (χ0) is 15.9. The van der Waals surface area contributed by atoms with Crippen LogP contribution in [-0.2, 0) is 4.74 Å². The fourth-order valence-corrected chi connectivity index (χ4v) is 1.94. The van der Waals surface area contributed by atoms with Crippen LogP contribution in [0.2, 0.25) is 0 Å². The molecule has 0 saturated carbocycles. The van der Waals surface area contributed by atoms with Crippen molar-refractivity contribution in [2.75, 3.05) is 6.61 Å². The molecule has 0 fully saturated rings. The Morgan fingerprint density at radius 2 is 1.50 bits per heavy atom. The second kappa shape index (κ2) is 7.41. The number of para-hydroxylation sites is 1. The molecule has 22 heavy (non-hydrogen) atoms. The number of ether oxygens (including phenoxy) is 2. The lowest BCUT2D eigenvalue weighted by Gasteiger charge is -2.10. The molecular weight excluding hydrogens is 280 g/mol. The third-order valence-electron chi connectivity index (χ3n) is 3.10. The van der Waals surface area contributed by atoms with Gasteiger partial charge in [-0.2, -0.15) is 0 Å². The van der Waals surface area contributed by atoms with E-state index in [0.29, 0.717) is 12.4 Å². The Morgan fingerprint density at radius 3 is 2.14 bits per heavy atom. The number of hydrogen-bond donors (Lipinski definition) is 0. The Bertz CT molecular complexity index is 676. The van der Waals surface area contributed by atoms with Crippen molar-refractivity contribution >= 4 is 11.9 Å². The molecule has 0 atom stereocenters. The first-order valence-corrected chi connectivity index (χ1v) is 7.17. The van der Waals surface area contributed by atoms with Gasteiger partial charge in [0.15, 0.2) is 0 Å². The molecule has 0 radical (unpaired) electrons. The summed E-state index contributed by atoms with van der Waals surface area (Å²) in [5, 5.41) is 0. The lowest BCUT2D eigenvalue weighted by atomic mass is 10.1. The van der Waals surface area contributed by atoms with E-state index in [4.69, 9.17) is 9.47 Å². The quantitative estimate of drug-likeness (QED) is 0.622. The zero-order valence-corrected chi connectivity index (χ0v) is 12.7. The van der Waals surface area contributed by atoms with Crippen molar-refractivity contribution in [1.82, 2.24) is 0 Å². The highest BCUT2D eigenvalue weighted by Gasteiger charge is 2.19. The monoisotopic (exact) mass is 298 g/mol. The van der Waals surface area contributed by atoms with Gasteiger partial charge in [0.1, 0.15) is 5.75 Å². The summed E-state index contributed by atoms with van der Waals surface area (Å²) < 4.78 is 10.5. The molecule has 0 heterocycles. The maximum atomic E-state index is 12.3. The normalized spacial score (nSPS) is 10.1. The summed E-state index contributed by atoms with van der Waals surface area (Å²) in [5.74, 6) is -0.609. The molecule has 0 spiro atoms. The molecule has 0 aliphatic rings. The molecule has 0 saturated heterocycles. The molecule has 0 unspecified atom stereocenters. The summed E-state index contributed by atoms with van der Waals surface area (Å²) in [7, 11) is 0. The first-order valence-electron chi connectivity index (χ1n) is 7.17. The molecule has 0 aliphatic carbocycles. The number of carbonyl (C=O) groups is 2. The van der Waals surface area contributed by atoms with E-state index in [9.17, 15) is 9.59 Å². The van der Waals surface area contributed by atoms with E-state index >= 15 is 0 Å². The fraction of sp³-hybridized carbons (Fsp3) is 0.222. The number of hydrogen-bond acceptors (Lipinski definition) is 4.